The molecular weight excluding hydrogens is 258 g/mol. The van der Waals surface area contributed by atoms with E-state index >= 15 is 0 Å². The van der Waals surface area contributed by atoms with E-state index in [2.05, 4.69) is 33.2 Å². The van der Waals surface area contributed by atoms with Crippen LogP contribution in [-0.2, 0) is 20.0 Å². The first-order valence-electron chi connectivity index (χ1n) is 3.98. The van der Waals surface area contributed by atoms with Crippen molar-refractivity contribution in [2.24, 2.45) is 0 Å². The molecule has 2 aromatic rings. The third-order valence-corrected chi connectivity index (χ3v) is 1.57. The van der Waals surface area contributed by atoms with Gasteiger partial charge in [0.2, 0.25) is 5.52 Å². The third-order valence-electron chi connectivity index (χ3n) is 1.57. The van der Waals surface area contributed by atoms with E-state index in [0.717, 1.165) is 0 Å². The van der Waals surface area contributed by atoms with Crippen molar-refractivity contribution in [2.45, 2.75) is 0 Å². The van der Waals surface area contributed by atoms with Gasteiger partial charge in [0.1, 0.15) is 0 Å². The summed E-state index contributed by atoms with van der Waals surface area (Å²) in [5.41, 5.74) is 1.19. The molecule has 0 aliphatic heterocycles. The number of H-pyrrole nitrogens is 1. The Morgan fingerprint density at radius 2 is 1.67 bits per heavy atom. The number of aromatic amines is 1. The van der Waals surface area contributed by atoms with E-state index in [1.54, 1.807) is 0 Å². The molecule has 0 spiro atoms. The summed E-state index contributed by atoms with van der Waals surface area (Å²) >= 11 is -5.03. The second kappa shape index (κ2) is 5.19. The molecule has 2 rings (SSSR count). The average molecular weight is 266 g/mol. The fraction of sp³-hybridized carbons (Fsp3) is 0. The van der Waals surface area contributed by atoms with Gasteiger partial charge in [0.15, 0.2) is 6.20 Å². The van der Waals surface area contributed by atoms with Gasteiger partial charge in [-0.25, -0.2) is 4.98 Å². The Hall–Kier alpha value is -0.988. The Bertz CT molecular complexity index is 468. The van der Waals surface area contributed by atoms with Crippen LogP contribution in [0, 0.1) is 0 Å². The topological polar surface area (TPSA) is 71.3 Å². The van der Waals surface area contributed by atoms with Crippen LogP contribution >= 0.6 is 10.0 Å². The summed E-state index contributed by atoms with van der Waals surface area (Å²) in [6.07, 6.45) is 1.93. The number of halogens is 1. The van der Waals surface area contributed by atoms with Crippen LogP contribution in [0.15, 0.2) is 42.6 Å². The molecule has 1 heterocycles. The van der Waals surface area contributed by atoms with Gasteiger partial charge in [0, 0.05) is 17.5 Å². The van der Waals surface area contributed by atoms with E-state index in [-0.39, 0.29) is 0 Å². The minimum Gasteiger partial charge on any atom is -0.211 e. The number of benzene rings is 1. The molecule has 80 valence electrons. The molecule has 0 amide bonds. The molecule has 1 aromatic heterocycles. The van der Waals surface area contributed by atoms with Crippen molar-refractivity contribution >= 4 is 21.0 Å². The summed E-state index contributed by atoms with van der Waals surface area (Å²) in [6, 6.07) is 12.3. The Kier molecular flexibility index (Phi) is 4.18. The van der Waals surface area contributed by atoms with E-state index in [9.17, 15) is 0 Å². The summed E-state index contributed by atoms with van der Waals surface area (Å²) in [5, 5.41) is 1.25. The number of rotatable bonds is 0. The molecule has 0 aliphatic carbocycles. The van der Waals surface area contributed by atoms with E-state index in [1.165, 1.54) is 10.9 Å². The van der Waals surface area contributed by atoms with E-state index in [4.69, 9.17) is 11.8 Å². The van der Waals surface area contributed by atoms with Crippen LogP contribution in [0.4, 0.5) is 0 Å². The quantitative estimate of drug-likeness (QED) is 0.711. The summed E-state index contributed by atoms with van der Waals surface area (Å²) in [7, 11) is 4.02. The number of para-hydroxylation sites is 1. The van der Waals surface area contributed by atoms with Gasteiger partial charge in [-0.3, -0.25) is 0 Å². The van der Waals surface area contributed by atoms with Crippen molar-refractivity contribution in [3.05, 3.63) is 42.6 Å². The van der Waals surface area contributed by atoms with Crippen LogP contribution in [0.5, 0.6) is 0 Å². The van der Waals surface area contributed by atoms with Gasteiger partial charge in [0.25, 0.3) is 0 Å². The second-order valence-electron chi connectivity index (χ2n) is 2.65. The molecule has 0 saturated carbocycles. The van der Waals surface area contributed by atoms with Gasteiger partial charge in [-0.15, -0.1) is 0 Å². The molecule has 0 saturated heterocycles. The fourth-order valence-corrected chi connectivity index (χ4v) is 1.06. The number of fused-ring (bicyclic) bond motifs is 1. The summed E-state index contributed by atoms with van der Waals surface area (Å²) in [6.45, 7) is 0. The van der Waals surface area contributed by atoms with Crippen molar-refractivity contribution in [3.63, 3.8) is 0 Å². The molecule has 0 radical (unpaired) electrons. The van der Waals surface area contributed by atoms with Crippen LogP contribution in [-0.4, -0.2) is 0 Å². The smallest absolute Gasteiger partial charge is 0.210 e. The van der Waals surface area contributed by atoms with Gasteiger partial charge in [-0.2, -0.15) is 0 Å². The monoisotopic (exact) mass is 265 g/mol. The summed E-state index contributed by atoms with van der Waals surface area (Å²) in [5.74, 6) is 0. The molecule has 0 atom stereocenters. The standard InChI is InChI=1S/C9H7N.ClH.Cr.3O/c1-2-6-9-8(4-1)5-3-7-10-9;;;;;/h1-7H;1H;;;;/q;;+1;;;-1. The molecule has 1 aromatic carbocycles. The predicted octanol–water partition coefficient (Wildman–Crippen LogP) is 0.914. The zero-order valence-corrected chi connectivity index (χ0v) is 9.58. The van der Waals surface area contributed by atoms with Crippen LogP contribution in [0.2, 0.25) is 0 Å². The zero-order valence-electron chi connectivity index (χ0n) is 7.55. The van der Waals surface area contributed by atoms with E-state index in [0.29, 0.717) is 0 Å². The maximum absolute atomic E-state index is 8.91. The number of pyridine rings is 1. The average Bonchev–Trinajstić information content (AvgIpc) is 2.16. The zero-order chi connectivity index (χ0) is 11.3. The number of hydrogen-bond acceptors (Lipinski definition) is 3. The molecule has 0 aliphatic rings. The van der Waals surface area contributed by atoms with E-state index < -0.39 is 12.4 Å². The number of nitrogens with one attached hydrogen (secondary N) is 1. The molecule has 0 unspecified atom stereocenters. The largest absolute Gasteiger partial charge is 0.211 e. The third kappa shape index (κ3) is 5.45. The first kappa shape index (κ1) is 12.1. The minimum atomic E-state index is -5.03. The van der Waals surface area contributed by atoms with Crippen LogP contribution in [0.3, 0.4) is 0 Å². The molecule has 0 bridgehead atoms. The van der Waals surface area contributed by atoms with Crippen LogP contribution in [0.1, 0.15) is 0 Å². The molecule has 6 heteroatoms. The van der Waals surface area contributed by atoms with Crippen molar-refractivity contribution in [2.75, 3.05) is 0 Å². The Morgan fingerprint density at radius 1 is 1.13 bits per heavy atom. The Morgan fingerprint density at radius 3 is 2.27 bits per heavy atom. The van der Waals surface area contributed by atoms with Gasteiger partial charge in [0.05, 0.1) is 0 Å². The van der Waals surface area contributed by atoms with Crippen molar-refractivity contribution in [3.8, 4) is 0 Å². The molecular formula is C9H8ClCrNO3. The Labute approximate surface area is 92.8 Å². The maximum Gasteiger partial charge on any atom is 0.210 e. The second-order valence-corrected chi connectivity index (χ2v) is 5.44. The van der Waals surface area contributed by atoms with Crippen molar-refractivity contribution < 1.29 is 29.1 Å². The van der Waals surface area contributed by atoms with E-state index in [1.807, 2.05) is 24.4 Å². The summed E-state index contributed by atoms with van der Waals surface area (Å²) < 4.78 is 26.7. The predicted molar refractivity (Wildman–Crippen MR) is 47.7 cm³/mol. The Balaban J connectivity index is 0.000000195. The van der Waals surface area contributed by atoms with Crippen LogP contribution < -0.4 is 9.14 Å². The van der Waals surface area contributed by atoms with Gasteiger partial charge in [-0.1, -0.05) is 12.1 Å². The first-order chi connectivity index (χ1) is 6.97. The molecule has 0 fully saturated rings. The first-order valence-corrected chi connectivity index (χ1v) is 7.29. The van der Waals surface area contributed by atoms with Gasteiger partial charge >= 0.3 is 34.2 Å². The molecule has 4 nitrogen and oxygen atoms in total. The maximum atomic E-state index is 8.91. The number of aromatic nitrogens is 1. The van der Waals surface area contributed by atoms with Crippen LogP contribution in [0.25, 0.3) is 10.9 Å². The number of hydrogen-bond donors (Lipinski definition) is 0. The van der Waals surface area contributed by atoms with Crippen molar-refractivity contribution in [1.82, 2.24) is 0 Å². The SMILES string of the molecule is [O]=[Cr](=[O])([O-])[Cl].c1ccc2[nH+]cccc2c1. The summed E-state index contributed by atoms with van der Waals surface area (Å²) in [4.78, 5) is 3.15. The minimum absolute atomic E-state index is 1.19. The van der Waals surface area contributed by atoms with Crippen molar-refractivity contribution in [1.29, 1.82) is 0 Å². The van der Waals surface area contributed by atoms with Gasteiger partial charge in [-0.05, 0) is 12.1 Å². The fourth-order valence-electron chi connectivity index (χ4n) is 1.06. The normalized spacial score (nSPS) is 10.5. The molecule has 1 N–H and O–H groups in total. The molecule has 15 heavy (non-hydrogen) atoms. The van der Waals surface area contributed by atoms with Gasteiger partial charge < -0.3 is 0 Å².